The number of esters is 1. The Labute approximate surface area is 175 Å². The average molecular weight is 429 g/mol. The molecular weight excluding hydrogens is 406 g/mol. The average Bonchev–Trinajstić information content (AvgIpc) is 3.40. The number of piperidine rings is 1. The van der Waals surface area contributed by atoms with E-state index < -0.39 is 22.0 Å². The molecule has 2 bridgehead atoms. The second kappa shape index (κ2) is 7.59. The molecule has 3 aliphatic rings. The molecule has 0 aromatic heterocycles. The number of carbonyl (C=O) groups excluding carboxylic acids is 1. The quantitative estimate of drug-likeness (QED) is 0.680. The highest BCUT2D eigenvalue weighted by Crippen LogP contribution is 2.46. The van der Waals surface area contributed by atoms with E-state index in [2.05, 4.69) is 0 Å². The molecule has 2 aromatic rings. The van der Waals surface area contributed by atoms with Crippen LogP contribution in [0.2, 0.25) is 0 Å². The van der Waals surface area contributed by atoms with Gasteiger partial charge in [0.1, 0.15) is 25.9 Å². The predicted octanol–water partition coefficient (Wildman–Crippen LogP) is 2.74. The maximum Gasteiger partial charge on any atom is 0.325 e. The van der Waals surface area contributed by atoms with Gasteiger partial charge >= 0.3 is 5.97 Å². The minimum atomic E-state index is -3.88. The third kappa shape index (κ3) is 3.33. The van der Waals surface area contributed by atoms with Gasteiger partial charge in [-0.25, -0.2) is 8.42 Å². The van der Waals surface area contributed by atoms with Gasteiger partial charge in [-0.1, -0.05) is 30.3 Å². The van der Waals surface area contributed by atoms with Crippen LogP contribution in [0.5, 0.6) is 11.5 Å². The van der Waals surface area contributed by atoms with Gasteiger partial charge in [0.2, 0.25) is 10.0 Å². The van der Waals surface area contributed by atoms with Crippen molar-refractivity contribution in [2.45, 2.75) is 42.8 Å². The fourth-order valence-corrected chi connectivity index (χ4v) is 6.59. The lowest BCUT2D eigenvalue weighted by molar-refractivity contribution is -0.151. The summed E-state index contributed by atoms with van der Waals surface area (Å²) in [5.74, 6) is 0.453. The molecule has 5 rings (SSSR count). The van der Waals surface area contributed by atoms with Gasteiger partial charge < -0.3 is 14.2 Å². The molecule has 0 N–H and O–H groups in total. The Morgan fingerprint density at radius 1 is 1.03 bits per heavy atom. The normalized spacial score (nSPS) is 25.3. The largest absolute Gasteiger partial charge is 0.486 e. The van der Waals surface area contributed by atoms with E-state index in [-0.39, 0.29) is 23.5 Å². The minimum absolute atomic E-state index is 0.00902. The number of benzene rings is 2. The lowest BCUT2D eigenvalue weighted by Crippen LogP contribution is -2.49. The lowest BCUT2D eigenvalue weighted by Gasteiger charge is -2.33. The first-order valence-electron chi connectivity index (χ1n) is 10.2. The second-order valence-corrected chi connectivity index (χ2v) is 9.75. The highest BCUT2D eigenvalue weighted by molar-refractivity contribution is 7.89. The summed E-state index contributed by atoms with van der Waals surface area (Å²) in [5.41, 5.74) is 0.871. The van der Waals surface area contributed by atoms with Gasteiger partial charge in [0.25, 0.3) is 0 Å². The van der Waals surface area contributed by atoms with Crippen LogP contribution in [0.25, 0.3) is 0 Å². The third-order valence-electron chi connectivity index (χ3n) is 6.08. The molecule has 7 nitrogen and oxygen atoms in total. The molecule has 1 aliphatic carbocycles. The summed E-state index contributed by atoms with van der Waals surface area (Å²) >= 11 is 0. The summed E-state index contributed by atoms with van der Waals surface area (Å²) in [6.07, 6.45) is 2.29. The van der Waals surface area contributed by atoms with E-state index in [1.165, 1.54) is 16.4 Å². The van der Waals surface area contributed by atoms with E-state index >= 15 is 0 Å². The van der Waals surface area contributed by atoms with E-state index in [1.54, 1.807) is 6.07 Å². The molecule has 1 saturated heterocycles. The number of rotatable bonds is 5. The van der Waals surface area contributed by atoms with Crippen LogP contribution in [0, 0.1) is 5.92 Å². The topological polar surface area (TPSA) is 82.1 Å². The summed E-state index contributed by atoms with van der Waals surface area (Å²) in [4.78, 5) is 13.1. The van der Waals surface area contributed by atoms with Crippen LogP contribution in [0.4, 0.5) is 0 Å². The van der Waals surface area contributed by atoms with E-state index in [4.69, 9.17) is 14.2 Å². The summed E-state index contributed by atoms with van der Waals surface area (Å²) in [6.45, 7) is 0.940. The van der Waals surface area contributed by atoms with Crippen LogP contribution < -0.4 is 9.47 Å². The van der Waals surface area contributed by atoms with Crippen molar-refractivity contribution in [1.82, 2.24) is 4.31 Å². The maximum atomic E-state index is 13.5. The molecule has 8 heteroatoms. The number of hydrogen-bond donors (Lipinski definition) is 0. The SMILES string of the molecule is O=C(OCc1ccccc1)[C@@H]1[C@H]2CC[C@@H](C2)N1S(=O)(=O)c1ccc2c(c1)OCCO2. The molecule has 2 aliphatic heterocycles. The molecular formula is C22H23NO6S. The van der Waals surface area contributed by atoms with Crippen LogP contribution in [0.15, 0.2) is 53.4 Å². The molecule has 0 unspecified atom stereocenters. The van der Waals surface area contributed by atoms with Crippen LogP contribution in [0.3, 0.4) is 0 Å². The molecule has 0 spiro atoms. The van der Waals surface area contributed by atoms with E-state index in [0.717, 1.165) is 18.4 Å². The van der Waals surface area contributed by atoms with Gasteiger partial charge in [-0.2, -0.15) is 4.31 Å². The summed E-state index contributed by atoms with van der Waals surface area (Å²) in [7, 11) is -3.88. The predicted molar refractivity (Wildman–Crippen MR) is 108 cm³/mol. The van der Waals surface area contributed by atoms with Crippen molar-refractivity contribution in [3.8, 4) is 11.5 Å². The standard InChI is InChI=1S/C22H23NO6S/c24-22(29-14-15-4-2-1-3-5-15)21-16-6-7-17(12-16)23(21)30(25,26)18-8-9-19-20(13-18)28-11-10-27-19/h1-5,8-9,13,16-17,21H,6-7,10-12,14H2/t16-,17-,21-/m0/s1. The van der Waals surface area contributed by atoms with Gasteiger partial charge in [0, 0.05) is 12.1 Å². The third-order valence-corrected chi connectivity index (χ3v) is 8.01. The monoisotopic (exact) mass is 429 g/mol. The van der Waals surface area contributed by atoms with Crippen LogP contribution in [-0.4, -0.2) is 44.0 Å². The van der Waals surface area contributed by atoms with Gasteiger partial charge in [0.15, 0.2) is 11.5 Å². The zero-order valence-electron chi connectivity index (χ0n) is 16.4. The highest BCUT2D eigenvalue weighted by atomic mass is 32.2. The summed E-state index contributed by atoms with van der Waals surface area (Å²) < 4.78 is 45.0. The number of carbonyl (C=O) groups is 1. The van der Waals surface area contributed by atoms with Crippen molar-refractivity contribution < 1.29 is 27.4 Å². The molecule has 158 valence electrons. The number of ether oxygens (including phenoxy) is 3. The number of nitrogens with zero attached hydrogens (tertiary/aromatic N) is 1. The molecule has 2 fully saturated rings. The van der Waals surface area contributed by atoms with Crippen molar-refractivity contribution in [1.29, 1.82) is 0 Å². The number of fused-ring (bicyclic) bond motifs is 3. The van der Waals surface area contributed by atoms with Crippen molar-refractivity contribution >= 4 is 16.0 Å². The zero-order chi connectivity index (χ0) is 20.7. The Hall–Kier alpha value is -2.58. The fraction of sp³-hybridized carbons (Fsp3) is 0.409. The first kappa shape index (κ1) is 19.4. The Balaban J connectivity index is 1.40. The molecule has 0 amide bonds. The minimum Gasteiger partial charge on any atom is -0.486 e. The first-order chi connectivity index (χ1) is 14.5. The molecule has 2 aromatic carbocycles. The van der Waals surface area contributed by atoms with E-state index in [9.17, 15) is 13.2 Å². The zero-order valence-corrected chi connectivity index (χ0v) is 17.2. The Kier molecular flexibility index (Phi) is 4.91. The van der Waals surface area contributed by atoms with E-state index in [1.807, 2.05) is 30.3 Å². The number of hydrogen-bond acceptors (Lipinski definition) is 6. The summed E-state index contributed by atoms with van der Waals surface area (Å²) in [6, 6.07) is 13.0. The van der Waals surface area contributed by atoms with E-state index in [0.29, 0.717) is 31.1 Å². The second-order valence-electron chi connectivity index (χ2n) is 7.91. The van der Waals surface area contributed by atoms with Crippen molar-refractivity contribution in [2.24, 2.45) is 5.92 Å². The maximum absolute atomic E-state index is 13.5. The van der Waals surface area contributed by atoms with Crippen LogP contribution in [-0.2, 0) is 26.2 Å². The Bertz CT molecular complexity index is 1050. The Morgan fingerprint density at radius 2 is 1.80 bits per heavy atom. The van der Waals surface area contributed by atoms with Crippen LogP contribution >= 0.6 is 0 Å². The molecule has 30 heavy (non-hydrogen) atoms. The van der Waals surface area contributed by atoms with Crippen molar-refractivity contribution in [3.05, 3.63) is 54.1 Å². The summed E-state index contributed by atoms with van der Waals surface area (Å²) in [5, 5.41) is 0. The van der Waals surface area contributed by atoms with Crippen molar-refractivity contribution in [2.75, 3.05) is 13.2 Å². The lowest BCUT2D eigenvalue weighted by atomic mass is 10.0. The fourth-order valence-electron chi connectivity index (χ4n) is 4.71. The van der Waals surface area contributed by atoms with Crippen LogP contribution in [0.1, 0.15) is 24.8 Å². The Morgan fingerprint density at radius 3 is 2.60 bits per heavy atom. The molecule has 1 saturated carbocycles. The van der Waals surface area contributed by atoms with Gasteiger partial charge in [-0.15, -0.1) is 0 Å². The van der Waals surface area contributed by atoms with Crippen molar-refractivity contribution in [3.63, 3.8) is 0 Å². The smallest absolute Gasteiger partial charge is 0.325 e. The molecule has 0 radical (unpaired) electrons. The molecule has 2 heterocycles. The highest BCUT2D eigenvalue weighted by Gasteiger charge is 2.55. The van der Waals surface area contributed by atoms with Gasteiger partial charge in [0.05, 0.1) is 4.90 Å². The number of sulfonamides is 1. The van der Waals surface area contributed by atoms with Gasteiger partial charge in [-0.05, 0) is 42.9 Å². The molecule has 3 atom stereocenters. The first-order valence-corrected chi connectivity index (χ1v) is 11.6. The van der Waals surface area contributed by atoms with Gasteiger partial charge in [-0.3, -0.25) is 4.79 Å².